The number of hydrogen-bond acceptors (Lipinski definition) is 10. The Morgan fingerprint density at radius 1 is 0.786 bits per heavy atom. The summed E-state index contributed by atoms with van der Waals surface area (Å²) in [6.07, 6.45) is 6.15. The van der Waals surface area contributed by atoms with Crippen molar-refractivity contribution in [3.63, 3.8) is 0 Å². The third-order valence-corrected chi connectivity index (χ3v) is 12.1. The van der Waals surface area contributed by atoms with E-state index in [0.717, 1.165) is 6.42 Å². The number of amides is 5. The van der Waals surface area contributed by atoms with Gasteiger partial charge in [-0.1, -0.05) is 47.5 Å². The van der Waals surface area contributed by atoms with Crippen LogP contribution in [0.1, 0.15) is 126 Å². The third kappa shape index (κ3) is 10.1. The van der Waals surface area contributed by atoms with Crippen molar-refractivity contribution in [3.05, 3.63) is 0 Å². The number of aliphatic hydroxyl groups excluding tert-OH is 1. The Balaban J connectivity index is 1.98. The summed E-state index contributed by atoms with van der Waals surface area (Å²) in [6, 6.07) is -0.207. The molecule has 3 aliphatic heterocycles. The van der Waals surface area contributed by atoms with Gasteiger partial charge in [0.15, 0.2) is 0 Å². The molecule has 56 heavy (non-hydrogen) atoms. The number of rotatable bonds is 25. The summed E-state index contributed by atoms with van der Waals surface area (Å²) >= 11 is 0. The fraction of sp³-hybridized carbons (Fsp3) is 0.881. The molecule has 0 radical (unpaired) electrons. The number of imide groups is 1. The maximum absolute atomic E-state index is 14.9. The lowest BCUT2D eigenvalue weighted by Gasteiger charge is -2.50. The molecule has 0 aliphatic carbocycles. The van der Waals surface area contributed by atoms with E-state index in [9.17, 15) is 29.1 Å². The number of aliphatic hydroxyl groups is 1. The SMILES string of the molecule is CCCC12C(CCCOC)C(=O)N(COC)C1(CCC)N(COCCN1C(=O)C(CCCO)CCC(=O)C(CCCOC(C)C)C(C)C1=O)C(=O)N2CC(C)C. The van der Waals surface area contributed by atoms with Crippen molar-refractivity contribution in [3.8, 4) is 0 Å². The second kappa shape index (κ2) is 22.5. The van der Waals surface area contributed by atoms with E-state index in [4.69, 9.17) is 18.9 Å². The van der Waals surface area contributed by atoms with Crippen LogP contribution in [0, 0.1) is 29.6 Å². The van der Waals surface area contributed by atoms with Crippen molar-refractivity contribution in [1.82, 2.24) is 19.6 Å². The number of Topliss-reactive ketones (excluding diaryl/α,β-unsaturated/α-hetero) is 1. The highest BCUT2D eigenvalue weighted by atomic mass is 16.5. The molecule has 6 atom stereocenters. The van der Waals surface area contributed by atoms with E-state index >= 15 is 0 Å². The van der Waals surface area contributed by atoms with Gasteiger partial charge < -0.3 is 29.0 Å². The summed E-state index contributed by atoms with van der Waals surface area (Å²) in [5.41, 5.74) is -1.91. The fourth-order valence-corrected chi connectivity index (χ4v) is 9.75. The first-order valence-corrected chi connectivity index (χ1v) is 21.3. The summed E-state index contributed by atoms with van der Waals surface area (Å²) in [7, 11) is 3.20. The molecular weight excluding hydrogens is 720 g/mol. The van der Waals surface area contributed by atoms with E-state index in [1.54, 1.807) is 30.9 Å². The topological polar surface area (TPSA) is 155 Å². The molecule has 0 saturated carbocycles. The Morgan fingerprint density at radius 3 is 2.09 bits per heavy atom. The van der Waals surface area contributed by atoms with Crippen molar-refractivity contribution >= 4 is 29.5 Å². The van der Waals surface area contributed by atoms with Gasteiger partial charge in [0.25, 0.3) is 0 Å². The minimum atomic E-state index is -1.06. The first-order chi connectivity index (χ1) is 26.7. The Labute approximate surface area is 336 Å². The Morgan fingerprint density at radius 2 is 1.48 bits per heavy atom. The van der Waals surface area contributed by atoms with Crippen LogP contribution in [0.5, 0.6) is 0 Å². The molecule has 5 amide bonds. The number of fused-ring (bicyclic) bond motifs is 1. The normalized spacial score (nSPS) is 27.6. The lowest BCUT2D eigenvalue weighted by atomic mass is 9.70. The summed E-state index contributed by atoms with van der Waals surface area (Å²) in [6.45, 7) is 15.0. The van der Waals surface area contributed by atoms with Crippen LogP contribution in [0.4, 0.5) is 4.79 Å². The van der Waals surface area contributed by atoms with Crippen LogP contribution in [0.25, 0.3) is 0 Å². The molecule has 14 heteroatoms. The summed E-state index contributed by atoms with van der Waals surface area (Å²) in [4.78, 5) is 78.0. The first kappa shape index (κ1) is 47.7. The highest BCUT2D eigenvalue weighted by Gasteiger charge is 2.77. The van der Waals surface area contributed by atoms with E-state index in [2.05, 4.69) is 27.7 Å². The van der Waals surface area contributed by atoms with Crippen molar-refractivity contribution in [1.29, 1.82) is 0 Å². The smallest absolute Gasteiger partial charge is 0.324 e. The summed E-state index contributed by atoms with van der Waals surface area (Å²) in [5, 5.41) is 9.59. The zero-order valence-corrected chi connectivity index (χ0v) is 36.0. The van der Waals surface area contributed by atoms with Gasteiger partial charge in [-0.15, -0.1) is 0 Å². The fourth-order valence-electron chi connectivity index (χ4n) is 9.75. The lowest BCUT2D eigenvalue weighted by molar-refractivity contribution is -0.156. The predicted molar refractivity (Wildman–Crippen MR) is 212 cm³/mol. The molecule has 3 fully saturated rings. The number of ether oxygens (including phenoxy) is 4. The van der Waals surface area contributed by atoms with Crippen LogP contribution in [-0.2, 0) is 38.1 Å². The number of ketones is 1. The monoisotopic (exact) mass is 795 g/mol. The molecular formula is C42H74N4O10. The van der Waals surface area contributed by atoms with E-state index in [0.29, 0.717) is 84.0 Å². The quantitative estimate of drug-likeness (QED) is 0.0933. The highest BCUT2D eigenvalue weighted by Crippen LogP contribution is 2.59. The van der Waals surface area contributed by atoms with Crippen LogP contribution in [0.15, 0.2) is 0 Å². The van der Waals surface area contributed by atoms with Gasteiger partial charge in [0.1, 0.15) is 24.9 Å². The van der Waals surface area contributed by atoms with Crippen LogP contribution in [0.3, 0.4) is 0 Å². The Kier molecular flexibility index (Phi) is 19.2. The van der Waals surface area contributed by atoms with E-state index in [1.165, 1.54) is 4.90 Å². The molecule has 0 aromatic rings. The van der Waals surface area contributed by atoms with Crippen LogP contribution < -0.4 is 0 Å². The maximum atomic E-state index is 14.9. The molecule has 3 aliphatic rings. The van der Waals surface area contributed by atoms with Gasteiger partial charge in [0.05, 0.1) is 30.7 Å². The molecule has 14 nitrogen and oxygen atoms in total. The highest BCUT2D eigenvalue weighted by molar-refractivity contribution is 6.00. The number of carbonyl (C=O) groups excluding carboxylic acids is 5. The molecule has 0 spiro atoms. The zero-order valence-electron chi connectivity index (χ0n) is 36.0. The van der Waals surface area contributed by atoms with Gasteiger partial charge in [0, 0.05) is 64.8 Å². The number of nitrogens with zero attached hydrogens (tertiary/aromatic N) is 4. The molecule has 3 heterocycles. The molecule has 3 rings (SSSR count). The number of carbonyl (C=O) groups is 5. The molecule has 0 aromatic carbocycles. The van der Waals surface area contributed by atoms with E-state index in [-0.39, 0.29) is 75.3 Å². The lowest BCUT2D eigenvalue weighted by Crippen LogP contribution is -2.67. The molecule has 3 saturated heterocycles. The van der Waals surface area contributed by atoms with Gasteiger partial charge in [-0.05, 0) is 77.6 Å². The van der Waals surface area contributed by atoms with Crippen LogP contribution in [0.2, 0.25) is 0 Å². The number of methoxy groups -OCH3 is 2. The summed E-state index contributed by atoms with van der Waals surface area (Å²) in [5.74, 6) is -3.09. The Hall–Kier alpha value is -2.65. The largest absolute Gasteiger partial charge is 0.396 e. The number of hydrogen-bond donors (Lipinski definition) is 1. The van der Waals surface area contributed by atoms with Gasteiger partial charge in [-0.25, -0.2) is 4.79 Å². The van der Waals surface area contributed by atoms with Gasteiger partial charge >= 0.3 is 6.03 Å². The standard InChI is InChI=1S/C42H74N4O10/c1-10-20-41-35(17-14-24-53-8)39(51)45(28-54-9)42(41,21-11-2)46(40(52)44(41)27-30(3)4)29-55-26-22-43-37(49)32(7)34(16-13-25-56-31(5)6)36(48)19-18-33(38(43)50)15-12-23-47/h30-35,47H,10-29H2,1-9H3. The minimum absolute atomic E-state index is 0.0117. The van der Waals surface area contributed by atoms with Crippen LogP contribution in [-0.4, -0.2) is 139 Å². The third-order valence-electron chi connectivity index (χ3n) is 12.1. The first-order valence-electron chi connectivity index (χ1n) is 21.3. The predicted octanol–water partition coefficient (Wildman–Crippen LogP) is 5.44. The summed E-state index contributed by atoms with van der Waals surface area (Å²) < 4.78 is 23.2. The van der Waals surface area contributed by atoms with Crippen molar-refractivity contribution in [2.75, 3.05) is 67.2 Å². The van der Waals surface area contributed by atoms with E-state index < -0.39 is 40.8 Å². The zero-order chi connectivity index (χ0) is 41.6. The average molecular weight is 795 g/mol. The second-order valence-corrected chi connectivity index (χ2v) is 16.7. The molecule has 6 unspecified atom stereocenters. The van der Waals surface area contributed by atoms with Gasteiger partial charge in [-0.2, -0.15) is 0 Å². The van der Waals surface area contributed by atoms with Crippen molar-refractivity contribution in [2.24, 2.45) is 29.6 Å². The van der Waals surface area contributed by atoms with E-state index in [1.807, 2.05) is 18.7 Å². The van der Waals surface area contributed by atoms with Crippen molar-refractivity contribution in [2.45, 2.75) is 143 Å². The van der Waals surface area contributed by atoms with Gasteiger partial charge in [-0.3, -0.25) is 33.9 Å². The molecule has 0 bridgehead atoms. The molecule has 1 N–H and O–H groups in total. The average Bonchev–Trinajstić information content (AvgIpc) is 3.46. The van der Waals surface area contributed by atoms with Crippen LogP contribution >= 0.6 is 0 Å². The minimum Gasteiger partial charge on any atom is -0.396 e. The molecule has 0 aromatic heterocycles. The second-order valence-electron chi connectivity index (χ2n) is 16.7. The van der Waals surface area contributed by atoms with Gasteiger partial charge in [0.2, 0.25) is 17.7 Å². The number of likely N-dealkylation sites (tertiary alicyclic amines) is 1. The molecule has 322 valence electrons. The Bertz CT molecular complexity index is 1300. The van der Waals surface area contributed by atoms with Crippen molar-refractivity contribution < 1.29 is 48.0 Å². The maximum Gasteiger partial charge on any atom is 0.324 e. The number of urea groups is 1.